The number of hydrogen-bond donors (Lipinski definition) is 1. The van der Waals surface area contributed by atoms with E-state index in [4.69, 9.17) is 0 Å². The summed E-state index contributed by atoms with van der Waals surface area (Å²) in [5, 5.41) is 9.39. The molecule has 17 heavy (non-hydrogen) atoms. The minimum absolute atomic E-state index is 0.0826. The molecule has 1 amide bonds. The summed E-state index contributed by atoms with van der Waals surface area (Å²) in [6, 6.07) is 0. The summed E-state index contributed by atoms with van der Waals surface area (Å²) in [5.74, 6) is -0.873. The Balaban J connectivity index is 2.12. The van der Waals surface area contributed by atoms with Crippen molar-refractivity contribution < 1.29 is 13.8 Å². The van der Waals surface area contributed by atoms with Crippen LogP contribution in [0.4, 0.5) is 4.39 Å². The number of halogens is 2. The van der Waals surface area contributed by atoms with Crippen molar-refractivity contribution in [1.82, 2.24) is 15.6 Å². The molecule has 90 valence electrons. The predicted molar refractivity (Wildman–Crippen MR) is 60.9 cm³/mol. The normalized spacial score (nSPS) is 23.9. The van der Waals surface area contributed by atoms with E-state index in [0.717, 1.165) is 0 Å². The smallest absolute Gasteiger partial charge is 0.279 e. The molecular weight excluding hydrogens is 293 g/mol. The van der Waals surface area contributed by atoms with E-state index in [-0.39, 0.29) is 17.4 Å². The van der Waals surface area contributed by atoms with Crippen molar-refractivity contribution >= 4 is 21.8 Å². The van der Waals surface area contributed by atoms with Gasteiger partial charge < -0.3 is 5.32 Å². The van der Waals surface area contributed by atoms with E-state index in [1.807, 2.05) is 0 Å². The fraction of sp³-hybridized carbons (Fsp3) is 0.300. The van der Waals surface area contributed by atoms with E-state index in [9.17, 15) is 9.18 Å². The van der Waals surface area contributed by atoms with E-state index in [2.05, 4.69) is 36.2 Å². The fourth-order valence-corrected chi connectivity index (χ4v) is 1.86. The lowest BCUT2D eigenvalue weighted by atomic mass is 9.98. The zero-order valence-electron chi connectivity index (χ0n) is 8.85. The molecular formula is C10H9BrFN3O2. The molecule has 5 nitrogen and oxygen atoms in total. The Morgan fingerprint density at radius 2 is 2.35 bits per heavy atom. The molecule has 0 radical (unpaired) electrons. The third-order valence-electron chi connectivity index (χ3n) is 2.47. The molecule has 0 bridgehead atoms. The number of hydrogen-bond acceptors (Lipinski definition) is 4. The zero-order valence-corrected chi connectivity index (χ0v) is 10.4. The van der Waals surface area contributed by atoms with Crippen molar-refractivity contribution in [2.75, 3.05) is 0 Å². The first kappa shape index (κ1) is 12.0. The summed E-state index contributed by atoms with van der Waals surface area (Å²) in [4.78, 5) is 11.2. The van der Waals surface area contributed by atoms with Crippen molar-refractivity contribution in [2.24, 2.45) is 5.92 Å². The molecule has 2 unspecified atom stereocenters. The van der Waals surface area contributed by atoms with Crippen LogP contribution in [0.2, 0.25) is 0 Å². The topological polar surface area (TPSA) is 68.0 Å². The van der Waals surface area contributed by atoms with Crippen LogP contribution in [0.1, 0.15) is 17.4 Å². The van der Waals surface area contributed by atoms with Crippen molar-refractivity contribution in [1.29, 1.82) is 0 Å². The Bertz CT molecular complexity index is 484. The van der Waals surface area contributed by atoms with Gasteiger partial charge in [-0.15, -0.1) is 0 Å². The van der Waals surface area contributed by atoms with E-state index in [1.165, 1.54) is 18.3 Å². The fourth-order valence-electron chi connectivity index (χ4n) is 1.42. The second-order valence-electron chi connectivity index (χ2n) is 3.61. The van der Waals surface area contributed by atoms with Gasteiger partial charge in [0.15, 0.2) is 5.69 Å². The number of alkyl halides is 1. The number of carbonyl (C=O) groups excluding carboxylic acids is 1. The highest BCUT2D eigenvalue weighted by Gasteiger charge is 2.26. The maximum absolute atomic E-state index is 13.2. The molecule has 1 aliphatic carbocycles. The molecule has 0 aliphatic heterocycles. The molecule has 1 heterocycles. The third-order valence-corrected chi connectivity index (χ3v) is 3.70. The average Bonchev–Trinajstić information content (AvgIpc) is 2.83. The highest BCUT2D eigenvalue weighted by Crippen LogP contribution is 2.30. The number of nitrogens with one attached hydrogen (secondary N) is 1. The van der Waals surface area contributed by atoms with Crippen LogP contribution in [0.5, 0.6) is 0 Å². The Morgan fingerprint density at radius 3 is 3.00 bits per heavy atom. The van der Waals surface area contributed by atoms with Gasteiger partial charge >= 0.3 is 0 Å². The first-order chi connectivity index (χ1) is 8.09. The summed E-state index contributed by atoms with van der Waals surface area (Å²) >= 11 is 3.22. The standard InChI is InChI=1S/C10H9BrFN3O2/c1-5-7(3-2-6(12)9(5)11)14-10(16)8-4-13-17-15-8/h2-5,9H,1H3,(H,14,16). The minimum atomic E-state index is -0.432. The molecule has 2 rings (SSSR count). The van der Waals surface area contributed by atoms with Crippen LogP contribution < -0.4 is 5.32 Å². The number of rotatable bonds is 2. The van der Waals surface area contributed by atoms with Gasteiger partial charge in [-0.05, 0) is 17.3 Å². The zero-order chi connectivity index (χ0) is 12.4. The lowest BCUT2D eigenvalue weighted by molar-refractivity contribution is 0.0952. The van der Waals surface area contributed by atoms with Crippen LogP contribution in [0.15, 0.2) is 34.5 Å². The van der Waals surface area contributed by atoms with E-state index in [1.54, 1.807) is 6.92 Å². The van der Waals surface area contributed by atoms with E-state index in [0.29, 0.717) is 5.70 Å². The monoisotopic (exact) mass is 301 g/mol. The Hall–Kier alpha value is -1.50. The molecule has 0 fully saturated rings. The molecule has 1 N–H and O–H groups in total. The molecule has 0 aromatic carbocycles. The van der Waals surface area contributed by atoms with Crippen LogP contribution in [0.25, 0.3) is 0 Å². The lowest BCUT2D eigenvalue weighted by Crippen LogP contribution is -2.31. The number of aromatic nitrogens is 2. The van der Waals surface area contributed by atoms with Gasteiger partial charge in [-0.1, -0.05) is 28.0 Å². The number of amides is 1. The predicted octanol–water partition coefficient (Wildman–Crippen LogP) is 1.95. The van der Waals surface area contributed by atoms with E-state index < -0.39 is 10.7 Å². The highest BCUT2D eigenvalue weighted by molar-refractivity contribution is 9.09. The van der Waals surface area contributed by atoms with Crippen molar-refractivity contribution in [3.05, 3.63) is 35.6 Å². The summed E-state index contributed by atoms with van der Waals surface area (Å²) < 4.78 is 17.6. The SMILES string of the molecule is CC1C(NC(=O)c2cnon2)=CC=C(F)C1Br. The van der Waals surface area contributed by atoms with Crippen LogP contribution in [0.3, 0.4) is 0 Å². The minimum Gasteiger partial charge on any atom is -0.324 e. The molecule has 0 spiro atoms. The third kappa shape index (κ3) is 2.44. The number of allylic oxidation sites excluding steroid dienone is 4. The van der Waals surface area contributed by atoms with Gasteiger partial charge in [-0.25, -0.2) is 9.02 Å². The van der Waals surface area contributed by atoms with Crippen molar-refractivity contribution in [3.8, 4) is 0 Å². The Kier molecular flexibility index (Phi) is 3.37. The van der Waals surface area contributed by atoms with Gasteiger partial charge in [0.25, 0.3) is 5.91 Å². The van der Waals surface area contributed by atoms with Crippen molar-refractivity contribution in [3.63, 3.8) is 0 Å². The molecule has 1 aliphatic rings. The molecule has 0 saturated heterocycles. The quantitative estimate of drug-likeness (QED) is 0.848. The molecule has 2 atom stereocenters. The van der Waals surface area contributed by atoms with Gasteiger partial charge in [-0.3, -0.25) is 4.79 Å². The van der Waals surface area contributed by atoms with Gasteiger partial charge in [0, 0.05) is 11.6 Å². The van der Waals surface area contributed by atoms with Crippen LogP contribution in [-0.4, -0.2) is 21.0 Å². The summed E-state index contributed by atoms with van der Waals surface area (Å²) in [6.45, 7) is 1.80. The van der Waals surface area contributed by atoms with Crippen LogP contribution in [0, 0.1) is 5.92 Å². The molecule has 7 heteroatoms. The summed E-state index contributed by atoms with van der Waals surface area (Å²) in [5.41, 5.74) is 0.695. The van der Waals surface area contributed by atoms with E-state index >= 15 is 0 Å². The largest absolute Gasteiger partial charge is 0.324 e. The first-order valence-electron chi connectivity index (χ1n) is 4.90. The van der Waals surface area contributed by atoms with Gasteiger partial charge in [0.05, 0.1) is 4.83 Å². The average molecular weight is 302 g/mol. The molecule has 1 aromatic heterocycles. The maximum Gasteiger partial charge on any atom is 0.279 e. The first-order valence-corrected chi connectivity index (χ1v) is 5.81. The summed E-state index contributed by atoms with van der Waals surface area (Å²) in [6.07, 6.45) is 4.06. The van der Waals surface area contributed by atoms with Gasteiger partial charge in [0.2, 0.25) is 0 Å². The summed E-state index contributed by atoms with van der Waals surface area (Å²) in [7, 11) is 0. The maximum atomic E-state index is 13.2. The van der Waals surface area contributed by atoms with Crippen LogP contribution >= 0.6 is 15.9 Å². The van der Waals surface area contributed by atoms with Gasteiger partial charge in [0.1, 0.15) is 12.0 Å². The number of nitrogens with zero attached hydrogens (tertiary/aromatic N) is 2. The Morgan fingerprint density at radius 1 is 1.59 bits per heavy atom. The Labute approximate surface area is 105 Å². The lowest BCUT2D eigenvalue weighted by Gasteiger charge is -2.23. The highest BCUT2D eigenvalue weighted by atomic mass is 79.9. The van der Waals surface area contributed by atoms with Crippen LogP contribution in [-0.2, 0) is 0 Å². The number of carbonyl (C=O) groups is 1. The molecule has 0 saturated carbocycles. The van der Waals surface area contributed by atoms with Crippen molar-refractivity contribution in [2.45, 2.75) is 11.8 Å². The van der Waals surface area contributed by atoms with Gasteiger partial charge in [-0.2, -0.15) is 0 Å². The second-order valence-corrected chi connectivity index (χ2v) is 4.60. The molecule has 1 aromatic rings. The second kappa shape index (κ2) is 4.79.